The Bertz CT molecular complexity index is 1020. The number of fused-ring (bicyclic) bond motifs is 1. The van der Waals surface area contributed by atoms with Crippen LogP contribution in [0.2, 0.25) is 0 Å². The van der Waals surface area contributed by atoms with Crippen LogP contribution in [0.4, 0.5) is 0 Å². The Morgan fingerprint density at radius 2 is 2.06 bits per heavy atom. The van der Waals surface area contributed by atoms with Crippen LogP contribution >= 0.6 is 11.3 Å². The number of rotatable bonds is 7. The summed E-state index contributed by atoms with van der Waals surface area (Å²) in [5.41, 5.74) is 4.37. The Kier molecular flexibility index (Phi) is 6.42. The molecule has 2 aliphatic heterocycles. The fourth-order valence-electron chi connectivity index (χ4n) is 4.31. The summed E-state index contributed by atoms with van der Waals surface area (Å²) in [7, 11) is -3.39. The number of thiophene rings is 1. The number of nitrogens with zero attached hydrogens (tertiary/aromatic N) is 1. The molecule has 4 N–H and O–H groups in total. The third-order valence-corrected chi connectivity index (χ3v) is 8.44. The van der Waals surface area contributed by atoms with Crippen LogP contribution in [0.15, 0.2) is 11.4 Å². The van der Waals surface area contributed by atoms with Gasteiger partial charge < -0.3 is 21.3 Å². The maximum atomic E-state index is 13.0. The summed E-state index contributed by atoms with van der Waals surface area (Å²) in [6.07, 6.45) is 1.06. The number of primary amides is 1. The van der Waals surface area contributed by atoms with Crippen LogP contribution in [0.5, 0.6) is 0 Å². The average molecular weight is 471 g/mol. The smallest absolute Gasteiger partial charge is 0.264 e. The van der Waals surface area contributed by atoms with Crippen LogP contribution in [0.25, 0.3) is 0 Å². The number of carbonyl (C=O) groups excluding carboxylic acids is 4. The van der Waals surface area contributed by atoms with Gasteiger partial charge in [0.25, 0.3) is 5.91 Å². The maximum Gasteiger partial charge on any atom is 0.264 e. The lowest BCUT2D eigenvalue weighted by atomic mass is 9.90. The number of sulfone groups is 1. The molecule has 0 bridgehead atoms. The monoisotopic (exact) mass is 470 g/mol. The number of nitrogens with two attached hydrogens (primary N) is 1. The minimum absolute atomic E-state index is 0.0319. The third kappa shape index (κ3) is 4.90. The molecule has 170 valence electrons. The standard InChI is InChI=1S/C19H26N4O6S2/c1-3-4-14(21-11(2)24)17(26)22-19-9-23(6-13(19)8-31(28,29)10-19)18(27)15-5-12(7-30-15)16(20)25/h5,7,13-14H,3-4,6,8-10H2,1-2H3,(H2,20,25)(H,21,24)(H,22,26)/t13-,14?,19-/m0/s1. The van der Waals surface area contributed by atoms with E-state index in [4.69, 9.17) is 5.73 Å². The normalized spacial score (nSPS) is 25.0. The summed E-state index contributed by atoms with van der Waals surface area (Å²) in [5.74, 6) is -2.65. The predicted molar refractivity (Wildman–Crippen MR) is 114 cm³/mol. The van der Waals surface area contributed by atoms with Gasteiger partial charge in [0, 0.05) is 31.3 Å². The topological polar surface area (TPSA) is 156 Å². The molecular formula is C19H26N4O6S2. The van der Waals surface area contributed by atoms with Gasteiger partial charge in [-0.3, -0.25) is 19.2 Å². The van der Waals surface area contributed by atoms with Gasteiger partial charge in [-0.25, -0.2) is 8.42 Å². The predicted octanol–water partition coefficient (Wildman–Crippen LogP) is -0.493. The van der Waals surface area contributed by atoms with E-state index in [2.05, 4.69) is 10.6 Å². The summed E-state index contributed by atoms with van der Waals surface area (Å²) in [4.78, 5) is 50.5. The fourth-order valence-corrected chi connectivity index (χ4v) is 7.51. The zero-order valence-electron chi connectivity index (χ0n) is 17.3. The first-order valence-electron chi connectivity index (χ1n) is 9.93. The van der Waals surface area contributed by atoms with Gasteiger partial charge in [0.2, 0.25) is 17.7 Å². The van der Waals surface area contributed by atoms with Crippen LogP contribution in [-0.4, -0.2) is 73.1 Å². The Hall–Kier alpha value is -2.47. The lowest BCUT2D eigenvalue weighted by molar-refractivity contribution is -0.129. The van der Waals surface area contributed by atoms with Gasteiger partial charge in [-0.15, -0.1) is 11.3 Å². The van der Waals surface area contributed by atoms with E-state index in [1.165, 1.54) is 23.3 Å². The van der Waals surface area contributed by atoms with Gasteiger partial charge in [-0.2, -0.15) is 0 Å². The molecule has 31 heavy (non-hydrogen) atoms. The lowest BCUT2D eigenvalue weighted by Crippen LogP contribution is -2.59. The van der Waals surface area contributed by atoms with Crippen molar-refractivity contribution in [3.8, 4) is 0 Å². The number of likely N-dealkylation sites (tertiary alicyclic amines) is 1. The summed E-state index contributed by atoms with van der Waals surface area (Å²) < 4.78 is 24.7. The molecule has 3 heterocycles. The highest BCUT2D eigenvalue weighted by Crippen LogP contribution is 2.38. The molecule has 2 fully saturated rings. The molecule has 2 aliphatic rings. The zero-order chi connectivity index (χ0) is 23.0. The van der Waals surface area contributed by atoms with Crippen molar-refractivity contribution in [2.75, 3.05) is 24.6 Å². The highest BCUT2D eigenvalue weighted by molar-refractivity contribution is 7.91. The summed E-state index contributed by atoms with van der Waals surface area (Å²) in [6, 6.07) is 0.639. The van der Waals surface area contributed by atoms with Crippen molar-refractivity contribution < 1.29 is 27.6 Å². The molecule has 0 aromatic carbocycles. The minimum atomic E-state index is -3.39. The largest absolute Gasteiger partial charge is 0.366 e. The number of hydrogen-bond donors (Lipinski definition) is 3. The van der Waals surface area contributed by atoms with Gasteiger partial charge in [0.15, 0.2) is 9.84 Å². The molecule has 0 saturated carbocycles. The summed E-state index contributed by atoms with van der Waals surface area (Å²) >= 11 is 1.09. The summed E-state index contributed by atoms with van der Waals surface area (Å²) in [6.45, 7) is 3.39. The van der Waals surface area contributed by atoms with Crippen LogP contribution in [0, 0.1) is 5.92 Å². The van der Waals surface area contributed by atoms with E-state index in [0.717, 1.165) is 11.3 Å². The van der Waals surface area contributed by atoms with E-state index in [1.54, 1.807) is 0 Å². The van der Waals surface area contributed by atoms with Gasteiger partial charge in [0.1, 0.15) is 6.04 Å². The Morgan fingerprint density at radius 3 is 2.65 bits per heavy atom. The average Bonchev–Trinajstić information content (AvgIpc) is 3.31. The molecule has 0 aliphatic carbocycles. The van der Waals surface area contributed by atoms with Crippen molar-refractivity contribution >= 4 is 44.8 Å². The van der Waals surface area contributed by atoms with Gasteiger partial charge in [0.05, 0.1) is 27.5 Å². The summed E-state index contributed by atoms with van der Waals surface area (Å²) in [5, 5.41) is 6.96. The molecule has 3 atom stereocenters. The second kappa shape index (κ2) is 8.58. The van der Waals surface area contributed by atoms with E-state index in [9.17, 15) is 27.6 Å². The Labute approximate surface area is 184 Å². The van der Waals surface area contributed by atoms with E-state index in [0.29, 0.717) is 17.7 Å². The number of nitrogens with one attached hydrogen (secondary N) is 2. The first-order chi connectivity index (χ1) is 14.5. The molecule has 1 unspecified atom stereocenters. The Balaban J connectivity index is 1.82. The van der Waals surface area contributed by atoms with E-state index in [1.807, 2.05) is 6.92 Å². The third-order valence-electron chi connectivity index (χ3n) is 5.65. The van der Waals surface area contributed by atoms with Crippen LogP contribution in [-0.2, 0) is 19.4 Å². The molecule has 10 nitrogen and oxygen atoms in total. The number of carbonyl (C=O) groups is 4. The zero-order valence-corrected chi connectivity index (χ0v) is 19.0. The highest BCUT2D eigenvalue weighted by atomic mass is 32.2. The van der Waals surface area contributed by atoms with E-state index < -0.39 is 39.2 Å². The van der Waals surface area contributed by atoms with Crippen LogP contribution in [0.1, 0.15) is 46.7 Å². The van der Waals surface area contributed by atoms with Crippen molar-refractivity contribution in [2.45, 2.75) is 38.3 Å². The van der Waals surface area contributed by atoms with Gasteiger partial charge in [-0.1, -0.05) is 13.3 Å². The quantitative estimate of drug-likeness (QED) is 0.488. The number of hydrogen-bond acceptors (Lipinski definition) is 7. The molecule has 0 radical (unpaired) electrons. The molecule has 2 saturated heterocycles. The minimum Gasteiger partial charge on any atom is -0.366 e. The Morgan fingerprint density at radius 1 is 1.35 bits per heavy atom. The van der Waals surface area contributed by atoms with Crippen molar-refractivity contribution in [1.82, 2.24) is 15.5 Å². The molecule has 1 aromatic rings. The molecule has 0 spiro atoms. The highest BCUT2D eigenvalue weighted by Gasteiger charge is 2.57. The van der Waals surface area contributed by atoms with Crippen molar-refractivity contribution in [1.29, 1.82) is 0 Å². The molecule has 4 amide bonds. The van der Waals surface area contributed by atoms with E-state index in [-0.39, 0.29) is 42.0 Å². The second-order valence-electron chi connectivity index (χ2n) is 8.19. The van der Waals surface area contributed by atoms with Gasteiger partial charge in [-0.05, 0) is 12.5 Å². The van der Waals surface area contributed by atoms with Crippen molar-refractivity contribution in [3.63, 3.8) is 0 Å². The first-order valence-corrected chi connectivity index (χ1v) is 12.6. The first kappa shape index (κ1) is 23.2. The molecule has 12 heteroatoms. The SMILES string of the molecule is CCCC(NC(C)=O)C(=O)N[C@]12CN(C(=O)c3cc(C(N)=O)cs3)C[C@H]1CS(=O)(=O)C2. The number of amides is 4. The second-order valence-corrected chi connectivity index (χ2v) is 11.2. The van der Waals surface area contributed by atoms with Crippen LogP contribution < -0.4 is 16.4 Å². The maximum absolute atomic E-state index is 13.0. The van der Waals surface area contributed by atoms with E-state index >= 15 is 0 Å². The molecule has 1 aromatic heterocycles. The molecule has 3 rings (SSSR count). The van der Waals surface area contributed by atoms with Crippen molar-refractivity contribution in [3.05, 3.63) is 21.9 Å². The lowest BCUT2D eigenvalue weighted by Gasteiger charge is -2.31. The van der Waals surface area contributed by atoms with Crippen LogP contribution in [0.3, 0.4) is 0 Å². The van der Waals surface area contributed by atoms with Gasteiger partial charge >= 0.3 is 0 Å². The fraction of sp³-hybridized carbons (Fsp3) is 0.579. The van der Waals surface area contributed by atoms with Crippen molar-refractivity contribution in [2.24, 2.45) is 11.7 Å². The molecular weight excluding hydrogens is 444 g/mol.